The third kappa shape index (κ3) is 5.61. The molecule has 4 nitrogen and oxygen atoms in total. The molecule has 0 unspecified atom stereocenters. The van der Waals surface area contributed by atoms with Gasteiger partial charge >= 0.3 is 0 Å². The smallest absolute Gasteiger partial charge is 0.220 e. The van der Waals surface area contributed by atoms with Crippen LogP contribution in [0.4, 0.5) is 0 Å². The second-order valence-corrected chi connectivity index (χ2v) is 5.12. The normalized spacial score (nSPS) is 15.8. The molecule has 0 atom stereocenters. The Balaban J connectivity index is 1.51. The minimum absolute atomic E-state index is 0.119. The molecule has 1 heterocycles. The standard InChI is InChI=1S/C16H23NO3/c18-16(17-13-14-8-11-19-12-9-14)7-4-10-20-15-5-2-1-3-6-15/h1-3,5-6,14H,4,7-13H2,(H,17,18). The fraction of sp³-hybridized carbons (Fsp3) is 0.562. The zero-order valence-electron chi connectivity index (χ0n) is 11.8. The first-order valence-electron chi connectivity index (χ1n) is 7.37. The third-order valence-electron chi connectivity index (χ3n) is 3.49. The first kappa shape index (κ1) is 14.9. The molecule has 0 spiro atoms. The van der Waals surface area contributed by atoms with E-state index in [-0.39, 0.29) is 5.91 Å². The molecule has 1 aliphatic rings. The minimum Gasteiger partial charge on any atom is -0.494 e. The molecule has 1 aliphatic heterocycles. The highest BCUT2D eigenvalue weighted by molar-refractivity contribution is 5.75. The van der Waals surface area contributed by atoms with Crippen molar-refractivity contribution >= 4 is 5.91 Å². The molecule has 110 valence electrons. The van der Waals surface area contributed by atoms with E-state index in [1.165, 1.54) is 0 Å². The van der Waals surface area contributed by atoms with Crippen LogP contribution in [-0.4, -0.2) is 32.3 Å². The van der Waals surface area contributed by atoms with Gasteiger partial charge in [-0.3, -0.25) is 4.79 Å². The lowest BCUT2D eigenvalue weighted by molar-refractivity contribution is -0.121. The van der Waals surface area contributed by atoms with Crippen molar-refractivity contribution in [3.05, 3.63) is 30.3 Å². The molecule has 2 rings (SSSR count). The molecule has 0 aromatic heterocycles. The van der Waals surface area contributed by atoms with Gasteiger partial charge < -0.3 is 14.8 Å². The van der Waals surface area contributed by atoms with Crippen molar-refractivity contribution < 1.29 is 14.3 Å². The van der Waals surface area contributed by atoms with Gasteiger partial charge in [-0.05, 0) is 37.3 Å². The van der Waals surface area contributed by atoms with Crippen LogP contribution in [0.5, 0.6) is 5.75 Å². The number of hydrogen-bond donors (Lipinski definition) is 1. The van der Waals surface area contributed by atoms with E-state index < -0.39 is 0 Å². The highest BCUT2D eigenvalue weighted by atomic mass is 16.5. The zero-order chi connectivity index (χ0) is 14.0. The molecule has 20 heavy (non-hydrogen) atoms. The van der Waals surface area contributed by atoms with Crippen LogP contribution in [0.3, 0.4) is 0 Å². The topological polar surface area (TPSA) is 47.6 Å². The van der Waals surface area contributed by atoms with Gasteiger partial charge in [0, 0.05) is 26.2 Å². The van der Waals surface area contributed by atoms with Gasteiger partial charge in [0.25, 0.3) is 0 Å². The van der Waals surface area contributed by atoms with Crippen LogP contribution in [0, 0.1) is 5.92 Å². The van der Waals surface area contributed by atoms with E-state index in [0.29, 0.717) is 18.9 Å². The Bertz CT molecular complexity index is 388. The maximum atomic E-state index is 11.7. The molecule has 1 aromatic carbocycles. The van der Waals surface area contributed by atoms with E-state index >= 15 is 0 Å². The summed E-state index contributed by atoms with van der Waals surface area (Å²) in [7, 11) is 0. The summed E-state index contributed by atoms with van der Waals surface area (Å²) in [4.78, 5) is 11.7. The van der Waals surface area contributed by atoms with E-state index in [4.69, 9.17) is 9.47 Å². The van der Waals surface area contributed by atoms with Crippen LogP contribution in [0.25, 0.3) is 0 Å². The molecule has 1 fully saturated rings. The summed E-state index contributed by atoms with van der Waals surface area (Å²) in [5.41, 5.74) is 0. The number of carbonyl (C=O) groups excluding carboxylic acids is 1. The van der Waals surface area contributed by atoms with Crippen LogP contribution in [0.1, 0.15) is 25.7 Å². The van der Waals surface area contributed by atoms with Gasteiger partial charge in [-0.1, -0.05) is 18.2 Å². The van der Waals surface area contributed by atoms with E-state index in [1.807, 2.05) is 30.3 Å². The molecule has 1 N–H and O–H groups in total. The monoisotopic (exact) mass is 277 g/mol. The Labute approximate surface area is 120 Å². The summed E-state index contributed by atoms with van der Waals surface area (Å²) in [6, 6.07) is 9.68. The maximum Gasteiger partial charge on any atom is 0.220 e. The molecule has 1 amide bonds. The van der Waals surface area contributed by atoms with E-state index in [2.05, 4.69) is 5.32 Å². The molecule has 1 aromatic rings. The van der Waals surface area contributed by atoms with Crippen molar-refractivity contribution in [3.63, 3.8) is 0 Å². The van der Waals surface area contributed by atoms with Crippen LogP contribution >= 0.6 is 0 Å². The minimum atomic E-state index is 0.119. The van der Waals surface area contributed by atoms with E-state index in [0.717, 1.165) is 44.8 Å². The van der Waals surface area contributed by atoms with Crippen molar-refractivity contribution in [2.75, 3.05) is 26.4 Å². The van der Waals surface area contributed by atoms with Gasteiger partial charge in [0.1, 0.15) is 5.75 Å². The van der Waals surface area contributed by atoms with E-state index in [9.17, 15) is 4.79 Å². The molecular weight excluding hydrogens is 254 g/mol. The Hall–Kier alpha value is -1.55. The Morgan fingerprint density at radius 1 is 1.25 bits per heavy atom. The first-order valence-corrected chi connectivity index (χ1v) is 7.37. The molecular formula is C16H23NO3. The molecule has 0 saturated carbocycles. The number of para-hydroxylation sites is 1. The average Bonchev–Trinajstić information content (AvgIpc) is 2.52. The predicted octanol–water partition coefficient (Wildman–Crippen LogP) is 2.39. The second-order valence-electron chi connectivity index (χ2n) is 5.12. The van der Waals surface area contributed by atoms with Gasteiger partial charge in [-0.25, -0.2) is 0 Å². The lowest BCUT2D eigenvalue weighted by Crippen LogP contribution is -2.32. The quantitative estimate of drug-likeness (QED) is 0.778. The summed E-state index contributed by atoms with van der Waals surface area (Å²) in [6.07, 6.45) is 3.37. The zero-order valence-corrected chi connectivity index (χ0v) is 11.8. The number of ether oxygens (including phenoxy) is 2. The second kappa shape index (κ2) is 8.59. The lowest BCUT2D eigenvalue weighted by Gasteiger charge is -2.22. The van der Waals surface area contributed by atoms with Crippen molar-refractivity contribution in [1.82, 2.24) is 5.32 Å². The van der Waals surface area contributed by atoms with Crippen molar-refractivity contribution in [2.24, 2.45) is 5.92 Å². The van der Waals surface area contributed by atoms with Crippen LogP contribution < -0.4 is 10.1 Å². The number of rotatable bonds is 7. The van der Waals surface area contributed by atoms with Crippen LogP contribution in [-0.2, 0) is 9.53 Å². The Morgan fingerprint density at radius 3 is 2.75 bits per heavy atom. The Kier molecular flexibility index (Phi) is 6.38. The van der Waals surface area contributed by atoms with Crippen molar-refractivity contribution in [3.8, 4) is 5.75 Å². The molecule has 1 saturated heterocycles. The van der Waals surface area contributed by atoms with Gasteiger partial charge in [-0.2, -0.15) is 0 Å². The van der Waals surface area contributed by atoms with Crippen LogP contribution in [0.15, 0.2) is 30.3 Å². The predicted molar refractivity (Wildman–Crippen MR) is 77.7 cm³/mol. The number of carbonyl (C=O) groups is 1. The summed E-state index contributed by atoms with van der Waals surface area (Å²) in [5.74, 6) is 1.55. The van der Waals surface area contributed by atoms with Gasteiger partial charge in [-0.15, -0.1) is 0 Å². The highest BCUT2D eigenvalue weighted by Crippen LogP contribution is 2.13. The highest BCUT2D eigenvalue weighted by Gasteiger charge is 2.14. The largest absolute Gasteiger partial charge is 0.494 e. The summed E-state index contributed by atoms with van der Waals surface area (Å²) < 4.78 is 10.9. The number of hydrogen-bond acceptors (Lipinski definition) is 3. The van der Waals surface area contributed by atoms with E-state index in [1.54, 1.807) is 0 Å². The molecule has 0 bridgehead atoms. The fourth-order valence-corrected chi connectivity index (χ4v) is 2.24. The fourth-order valence-electron chi connectivity index (χ4n) is 2.24. The number of nitrogens with one attached hydrogen (secondary N) is 1. The van der Waals surface area contributed by atoms with Gasteiger partial charge in [0.15, 0.2) is 0 Å². The summed E-state index contributed by atoms with van der Waals surface area (Å²) in [5, 5.41) is 3.00. The van der Waals surface area contributed by atoms with Gasteiger partial charge in [0.2, 0.25) is 5.91 Å². The molecule has 4 heteroatoms. The molecule has 0 aliphatic carbocycles. The third-order valence-corrected chi connectivity index (χ3v) is 3.49. The average molecular weight is 277 g/mol. The van der Waals surface area contributed by atoms with Gasteiger partial charge in [0.05, 0.1) is 6.61 Å². The number of amides is 1. The lowest BCUT2D eigenvalue weighted by atomic mass is 10.0. The summed E-state index contributed by atoms with van der Waals surface area (Å²) >= 11 is 0. The van der Waals surface area contributed by atoms with Crippen LogP contribution in [0.2, 0.25) is 0 Å². The number of benzene rings is 1. The summed E-state index contributed by atoms with van der Waals surface area (Å²) in [6.45, 7) is 3.01. The Morgan fingerprint density at radius 2 is 2.00 bits per heavy atom. The van der Waals surface area contributed by atoms with Crippen molar-refractivity contribution in [2.45, 2.75) is 25.7 Å². The SMILES string of the molecule is O=C(CCCOc1ccccc1)NCC1CCOCC1. The maximum absolute atomic E-state index is 11.7. The van der Waals surface area contributed by atoms with Crippen molar-refractivity contribution in [1.29, 1.82) is 0 Å². The first-order chi connectivity index (χ1) is 9.84. The molecule has 0 radical (unpaired) electrons.